The number of halogens is 2. The summed E-state index contributed by atoms with van der Waals surface area (Å²) in [5.74, 6) is -2.51. The van der Waals surface area contributed by atoms with E-state index in [1.807, 2.05) is 48.2 Å². The van der Waals surface area contributed by atoms with Crippen LogP contribution < -0.4 is 10.2 Å². The largest absolute Gasteiger partial charge is 0.355 e. The molecular formula is C23H20F2N2OS. The van der Waals surface area contributed by atoms with Gasteiger partial charge in [-0.1, -0.05) is 42.1 Å². The third kappa shape index (κ3) is 4.12. The van der Waals surface area contributed by atoms with Gasteiger partial charge in [0.25, 0.3) is 11.7 Å². The number of nitrogens with one attached hydrogen (secondary N) is 1. The van der Waals surface area contributed by atoms with Crippen molar-refractivity contribution in [1.29, 1.82) is 0 Å². The van der Waals surface area contributed by atoms with Crippen molar-refractivity contribution >= 4 is 34.7 Å². The molecule has 148 valence electrons. The van der Waals surface area contributed by atoms with E-state index in [-0.39, 0.29) is 11.9 Å². The zero-order valence-electron chi connectivity index (χ0n) is 15.8. The number of hydrogen-bond acceptors (Lipinski definition) is 3. The third-order valence-electron chi connectivity index (χ3n) is 4.94. The van der Waals surface area contributed by atoms with Crippen LogP contribution in [0.3, 0.4) is 0 Å². The molecule has 6 heteroatoms. The minimum Gasteiger partial charge on any atom is -0.355 e. The molecule has 0 radical (unpaired) electrons. The molecule has 0 saturated carbocycles. The van der Waals surface area contributed by atoms with Crippen LogP contribution in [-0.4, -0.2) is 17.7 Å². The Hall–Kier alpha value is -2.86. The van der Waals surface area contributed by atoms with E-state index in [1.165, 1.54) is 5.56 Å². The smallest absolute Gasteiger partial charge is 0.288 e. The fraction of sp³-hybridized carbons (Fsp3) is 0.174. The first-order chi connectivity index (χ1) is 14.0. The Morgan fingerprint density at radius 2 is 1.72 bits per heavy atom. The van der Waals surface area contributed by atoms with Crippen molar-refractivity contribution in [2.24, 2.45) is 0 Å². The van der Waals surface area contributed by atoms with E-state index in [9.17, 15) is 13.6 Å². The van der Waals surface area contributed by atoms with Gasteiger partial charge >= 0.3 is 0 Å². The first kappa shape index (κ1) is 19.5. The van der Waals surface area contributed by atoms with Crippen LogP contribution in [0.25, 0.3) is 0 Å². The van der Waals surface area contributed by atoms with E-state index in [2.05, 4.69) is 11.4 Å². The molecule has 0 aromatic heterocycles. The number of alkyl halides is 2. The van der Waals surface area contributed by atoms with Gasteiger partial charge in [0.1, 0.15) is 0 Å². The number of rotatable bonds is 5. The maximum Gasteiger partial charge on any atom is 0.288 e. The van der Waals surface area contributed by atoms with E-state index in [0.29, 0.717) is 27.9 Å². The molecule has 1 N–H and O–H groups in total. The maximum absolute atomic E-state index is 13.4. The van der Waals surface area contributed by atoms with Crippen molar-refractivity contribution in [2.75, 3.05) is 10.2 Å². The van der Waals surface area contributed by atoms with Gasteiger partial charge in [-0.3, -0.25) is 4.79 Å². The van der Waals surface area contributed by atoms with Crippen molar-refractivity contribution < 1.29 is 13.6 Å². The highest BCUT2D eigenvalue weighted by Crippen LogP contribution is 2.35. The third-order valence-corrected chi connectivity index (χ3v) is 5.66. The predicted octanol–water partition coefficient (Wildman–Crippen LogP) is 6.34. The first-order valence-electron chi connectivity index (χ1n) is 9.35. The minimum absolute atomic E-state index is 0.0598. The summed E-state index contributed by atoms with van der Waals surface area (Å²) in [4.78, 5) is 15.7. The molecule has 3 aromatic rings. The summed E-state index contributed by atoms with van der Waals surface area (Å²) < 4.78 is 25.0. The summed E-state index contributed by atoms with van der Waals surface area (Å²) in [7, 11) is 0. The van der Waals surface area contributed by atoms with Crippen LogP contribution in [-0.2, 0) is 6.42 Å². The van der Waals surface area contributed by atoms with Gasteiger partial charge in [0.2, 0.25) is 0 Å². The van der Waals surface area contributed by atoms with E-state index >= 15 is 0 Å². The van der Waals surface area contributed by atoms with Gasteiger partial charge in [0, 0.05) is 22.3 Å². The number of hydrogen-bond donors (Lipinski definition) is 1. The molecule has 0 bridgehead atoms. The van der Waals surface area contributed by atoms with E-state index in [1.54, 1.807) is 30.3 Å². The number of carbonyl (C=O) groups excluding carboxylic acids is 1. The molecule has 0 aliphatic carbocycles. The number of nitrogens with zero attached hydrogens (tertiary/aromatic N) is 1. The molecule has 0 unspecified atom stereocenters. The maximum atomic E-state index is 13.4. The molecule has 3 aromatic carbocycles. The molecule has 1 aliphatic heterocycles. The normalized spacial score (nSPS) is 15.4. The van der Waals surface area contributed by atoms with Crippen LogP contribution in [0.5, 0.6) is 0 Å². The number of carbonyl (C=O) groups is 1. The Balaban J connectivity index is 1.60. The summed E-state index contributed by atoms with van der Waals surface area (Å²) >= 11 is 0.510. The standard InChI is InChI=1S/C23H20F2N2OS/c1-15-14-16-6-2-5-9-21(16)27(15)22(28)19-7-3-4-8-20(19)26-17-10-12-18(13-11-17)29-23(24)25/h2-13,15,23,26H,14H2,1H3/t15-/m1/s1. The fourth-order valence-corrected chi connectivity index (χ4v) is 4.16. The second kappa shape index (κ2) is 8.25. The lowest BCUT2D eigenvalue weighted by Crippen LogP contribution is -2.36. The number of anilines is 3. The Bertz CT molecular complexity index is 1020. The van der Waals surface area contributed by atoms with E-state index in [0.717, 1.165) is 17.8 Å². The van der Waals surface area contributed by atoms with Gasteiger partial charge < -0.3 is 10.2 Å². The van der Waals surface area contributed by atoms with Gasteiger partial charge in [-0.05, 0) is 61.4 Å². The molecule has 0 fully saturated rings. The molecule has 29 heavy (non-hydrogen) atoms. The van der Waals surface area contributed by atoms with Crippen molar-refractivity contribution in [1.82, 2.24) is 0 Å². The molecular weight excluding hydrogens is 390 g/mol. The second-order valence-electron chi connectivity index (χ2n) is 6.93. The van der Waals surface area contributed by atoms with Gasteiger partial charge in [-0.15, -0.1) is 0 Å². The molecule has 1 aliphatic rings. The topological polar surface area (TPSA) is 32.3 Å². The van der Waals surface area contributed by atoms with Gasteiger partial charge in [-0.25, -0.2) is 0 Å². The van der Waals surface area contributed by atoms with Crippen molar-refractivity contribution in [3.05, 3.63) is 83.9 Å². The molecule has 1 amide bonds. The predicted molar refractivity (Wildman–Crippen MR) is 114 cm³/mol. The van der Waals surface area contributed by atoms with Gasteiger partial charge in [0.05, 0.1) is 11.3 Å². The Morgan fingerprint density at radius 1 is 1.03 bits per heavy atom. The fourth-order valence-electron chi connectivity index (χ4n) is 3.66. The molecule has 0 spiro atoms. The first-order valence-corrected chi connectivity index (χ1v) is 10.2. The molecule has 3 nitrogen and oxygen atoms in total. The highest BCUT2D eigenvalue weighted by Gasteiger charge is 2.32. The van der Waals surface area contributed by atoms with E-state index in [4.69, 9.17) is 0 Å². The average molecular weight is 410 g/mol. The van der Waals surface area contributed by atoms with Crippen LogP contribution in [0.4, 0.5) is 25.8 Å². The Morgan fingerprint density at radius 3 is 2.48 bits per heavy atom. The lowest BCUT2D eigenvalue weighted by atomic mass is 10.1. The van der Waals surface area contributed by atoms with Crippen molar-refractivity contribution in [2.45, 2.75) is 30.0 Å². The summed E-state index contributed by atoms with van der Waals surface area (Å²) in [5, 5.41) is 3.25. The summed E-state index contributed by atoms with van der Waals surface area (Å²) in [5.41, 5.74) is 4.11. The van der Waals surface area contributed by atoms with Crippen LogP contribution in [0.15, 0.2) is 77.7 Å². The number of benzene rings is 3. The summed E-state index contributed by atoms with van der Waals surface area (Å²) in [6, 6.07) is 22.2. The van der Waals surface area contributed by atoms with Gasteiger partial charge in [-0.2, -0.15) is 8.78 Å². The summed E-state index contributed by atoms with van der Waals surface area (Å²) in [6.07, 6.45) is 0.834. The van der Waals surface area contributed by atoms with Gasteiger partial charge in [0.15, 0.2) is 0 Å². The number of para-hydroxylation sites is 2. The molecule has 1 atom stereocenters. The van der Waals surface area contributed by atoms with Crippen LogP contribution in [0, 0.1) is 0 Å². The number of thioether (sulfide) groups is 1. The van der Waals surface area contributed by atoms with Crippen molar-refractivity contribution in [3.63, 3.8) is 0 Å². The minimum atomic E-state index is -2.45. The quantitative estimate of drug-likeness (QED) is 0.499. The average Bonchev–Trinajstić information content (AvgIpc) is 3.04. The zero-order chi connectivity index (χ0) is 20.4. The Labute approximate surface area is 172 Å². The van der Waals surface area contributed by atoms with E-state index < -0.39 is 5.76 Å². The number of fused-ring (bicyclic) bond motifs is 1. The Kier molecular flexibility index (Phi) is 5.53. The van der Waals surface area contributed by atoms with Crippen LogP contribution in [0.1, 0.15) is 22.8 Å². The summed E-state index contributed by atoms with van der Waals surface area (Å²) in [6.45, 7) is 2.05. The zero-order valence-corrected chi connectivity index (χ0v) is 16.6. The SMILES string of the molecule is C[C@@H]1Cc2ccccc2N1C(=O)c1ccccc1Nc1ccc(SC(F)F)cc1. The van der Waals surface area contributed by atoms with Crippen LogP contribution in [0.2, 0.25) is 0 Å². The highest BCUT2D eigenvalue weighted by atomic mass is 32.2. The molecule has 0 saturated heterocycles. The monoisotopic (exact) mass is 410 g/mol. The number of amides is 1. The lowest BCUT2D eigenvalue weighted by molar-refractivity contribution is 0.0982. The van der Waals surface area contributed by atoms with Crippen molar-refractivity contribution in [3.8, 4) is 0 Å². The van der Waals surface area contributed by atoms with Crippen LogP contribution >= 0.6 is 11.8 Å². The second-order valence-corrected chi connectivity index (χ2v) is 7.99. The molecule has 1 heterocycles. The lowest BCUT2D eigenvalue weighted by Gasteiger charge is -2.24. The highest BCUT2D eigenvalue weighted by molar-refractivity contribution is 7.99. The molecule has 4 rings (SSSR count).